The maximum Gasteiger partial charge on any atom is 0.409 e. The number of anilines is 2. The highest BCUT2D eigenvalue weighted by atomic mass is 16.6. The summed E-state index contributed by atoms with van der Waals surface area (Å²) in [5.41, 5.74) is 1.03. The van der Waals surface area contributed by atoms with Crippen LogP contribution in [0, 0.1) is 0 Å². The van der Waals surface area contributed by atoms with Gasteiger partial charge in [-0.3, -0.25) is 4.79 Å². The number of nitrogens with one attached hydrogen (secondary N) is 2. The van der Waals surface area contributed by atoms with Gasteiger partial charge < -0.3 is 25.0 Å². The lowest BCUT2D eigenvalue weighted by molar-refractivity contribution is 0.0856. The van der Waals surface area contributed by atoms with Crippen LogP contribution in [0.4, 0.5) is 16.4 Å². The first kappa shape index (κ1) is 20.4. The molecular formula is C20H25N5O4. The molecule has 29 heavy (non-hydrogen) atoms. The topological polar surface area (TPSA) is 106 Å². The van der Waals surface area contributed by atoms with E-state index in [0.29, 0.717) is 44.2 Å². The molecule has 0 bridgehead atoms. The number of amides is 2. The first-order valence-corrected chi connectivity index (χ1v) is 9.55. The van der Waals surface area contributed by atoms with Crippen LogP contribution >= 0.6 is 0 Å². The summed E-state index contributed by atoms with van der Waals surface area (Å²) < 4.78 is 10.2. The van der Waals surface area contributed by atoms with Gasteiger partial charge in [0.05, 0.1) is 13.7 Å². The Balaban J connectivity index is 1.56. The van der Waals surface area contributed by atoms with Crippen LogP contribution in [0.2, 0.25) is 0 Å². The van der Waals surface area contributed by atoms with Gasteiger partial charge in [0, 0.05) is 37.1 Å². The molecule has 2 amide bonds. The molecule has 0 saturated carbocycles. The molecule has 1 fully saturated rings. The van der Waals surface area contributed by atoms with Gasteiger partial charge in [-0.1, -0.05) is 6.07 Å². The van der Waals surface area contributed by atoms with Crippen molar-refractivity contribution >= 4 is 23.6 Å². The molecule has 1 saturated heterocycles. The molecular weight excluding hydrogens is 374 g/mol. The number of piperidine rings is 1. The maximum atomic E-state index is 12.6. The second-order valence-electron chi connectivity index (χ2n) is 6.56. The Morgan fingerprint density at radius 3 is 2.76 bits per heavy atom. The van der Waals surface area contributed by atoms with Gasteiger partial charge in [-0.15, -0.1) is 0 Å². The Morgan fingerprint density at radius 2 is 2.03 bits per heavy atom. The molecule has 2 aromatic rings. The molecule has 1 aromatic carbocycles. The molecule has 1 aromatic heterocycles. The fourth-order valence-corrected chi connectivity index (χ4v) is 3.06. The number of ether oxygens (including phenoxy) is 2. The molecule has 0 unspecified atom stereocenters. The number of hydrogen-bond donors (Lipinski definition) is 2. The average molecular weight is 399 g/mol. The first-order valence-electron chi connectivity index (χ1n) is 9.55. The largest absolute Gasteiger partial charge is 0.497 e. The third kappa shape index (κ3) is 5.56. The Kier molecular flexibility index (Phi) is 6.83. The number of carbonyl (C=O) groups is 2. The van der Waals surface area contributed by atoms with Crippen LogP contribution in [-0.4, -0.2) is 59.7 Å². The van der Waals surface area contributed by atoms with Gasteiger partial charge in [0.1, 0.15) is 11.4 Å². The van der Waals surface area contributed by atoms with E-state index in [1.807, 2.05) is 24.3 Å². The van der Waals surface area contributed by atoms with Gasteiger partial charge in [-0.05, 0) is 38.0 Å². The number of methoxy groups -OCH3 is 1. The predicted molar refractivity (Wildman–Crippen MR) is 107 cm³/mol. The van der Waals surface area contributed by atoms with E-state index >= 15 is 0 Å². The molecule has 0 aliphatic carbocycles. The van der Waals surface area contributed by atoms with Gasteiger partial charge in [-0.25, -0.2) is 14.8 Å². The Hall–Kier alpha value is -3.36. The van der Waals surface area contributed by atoms with Crippen molar-refractivity contribution in [1.29, 1.82) is 0 Å². The smallest absolute Gasteiger partial charge is 0.409 e. The predicted octanol–water partition coefficient (Wildman–Crippen LogP) is 2.58. The quantitative estimate of drug-likeness (QED) is 0.769. The summed E-state index contributed by atoms with van der Waals surface area (Å²) >= 11 is 0. The molecule has 1 aliphatic heterocycles. The molecule has 1 aliphatic rings. The fraction of sp³-hybridized carbons (Fsp3) is 0.400. The van der Waals surface area contributed by atoms with Crippen LogP contribution in [0.25, 0.3) is 0 Å². The standard InChI is InChI=1S/C20H25N5O4/c1-3-29-20(27)25-11-8-14(9-12-25)22-18(26)17-7-10-21-19(24-17)23-15-5-4-6-16(13-15)28-2/h4-7,10,13-14H,3,8-9,11-12H2,1-2H3,(H,22,26)(H,21,23,24). The third-order valence-corrected chi connectivity index (χ3v) is 4.57. The van der Waals surface area contributed by atoms with E-state index in [9.17, 15) is 9.59 Å². The zero-order chi connectivity index (χ0) is 20.6. The lowest BCUT2D eigenvalue weighted by Gasteiger charge is -2.31. The average Bonchev–Trinajstić information content (AvgIpc) is 2.74. The number of rotatable bonds is 6. The van der Waals surface area contributed by atoms with Gasteiger partial charge >= 0.3 is 6.09 Å². The normalized spacial score (nSPS) is 14.2. The van der Waals surface area contributed by atoms with Crippen LogP contribution in [0.3, 0.4) is 0 Å². The molecule has 0 spiro atoms. The fourth-order valence-electron chi connectivity index (χ4n) is 3.06. The molecule has 0 atom stereocenters. The number of hydrogen-bond acceptors (Lipinski definition) is 7. The second kappa shape index (κ2) is 9.72. The Labute approximate surface area is 169 Å². The minimum absolute atomic E-state index is 0.0158. The highest BCUT2D eigenvalue weighted by Gasteiger charge is 2.25. The molecule has 3 rings (SSSR count). The van der Waals surface area contributed by atoms with E-state index in [1.54, 1.807) is 25.0 Å². The minimum Gasteiger partial charge on any atom is -0.497 e. The van der Waals surface area contributed by atoms with Crippen LogP contribution in [0.1, 0.15) is 30.3 Å². The van der Waals surface area contributed by atoms with Gasteiger partial charge in [-0.2, -0.15) is 0 Å². The molecule has 154 valence electrons. The molecule has 0 radical (unpaired) electrons. The van der Waals surface area contributed by atoms with Crippen molar-refractivity contribution in [3.05, 3.63) is 42.2 Å². The van der Waals surface area contributed by atoms with E-state index in [0.717, 1.165) is 5.69 Å². The van der Waals surface area contributed by atoms with Crippen LogP contribution in [-0.2, 0) is 4.74 Å². The van der Waals surface area contributed by atoms with E-state index in [4.69, 9.17) is 9.47 Å². The zero-order valence-electron chi connectivity index (χ0n) is 16.6. The van der Waals surface area contributed by atoms with Gasteiger partial charge in [0.15, 0.2) is 0 Å². The maximum absolute atomic E-state index is 12.6. The van der Waals surface area contributed by atoms with Gasteiger partial charge in [0.2, 0.25) is 5.95 Å². The third-order valence-electron chi connectivity index (χ3n) is 4.57. The highest BCUT2D eigenvalue weighted by molar-refractivity contribution is 5.92. The second-order valence-corrected chi connectivity index (χ2v) is 6.56. The number of benzene rings is 1. The summed E-state index contributed by atoms with van der Waals surface area (Å²) in [5, 5.41) is 6.05. The zero-order valence-corrected chi connectivity index (χ0v) is 16.6. The SMILES string of the molecule is CCOC(=O)N1CCC(NC(=O)c2ccnc(Nc3cccc(OC)c3)n2)CC1. The van der Waals surface area contributed by atoms with Crippen molar-refractivity contribution in [2.45, 2.75) is 25.8 Å². The highest BCUT2D eigenvalue weighted by Crippen LogP contribution is 2.19. The van der Waals surface area contributed by atoms with Gasteiger partial charge in [0.25, 0.3) is 5.91 Å². The molecule has 9 heteroatoms. The molecule has 9 nitrogen and oxygen atoms in total. The van der Waals surface area contributed by atoms with Crippen LogP contribution in [0.15, 0.2) is 36.5 Å². The summed E-state index contributed by atoms with van der Waals surface area (Å²) in [6, 6.07) is 8.91. The first-order chi connectivity index (χ1) is 14.1. The number of aromatic nitrogens is 2. The van der Waals surface area contributed by atoms with E-state index in [1.165, 1.54) is 6.20 Å². The summed E-state index contributed by atoms with van der Waals surface area (Å²) in [5.74, 6) is 0.761. The van der Waals surface area contributed by atoms with Crippen molar-refractivity contribution < 1.29 is 19.1 Å². The summed E-state index contributed by atoms with van der Waals surface area (Å²) in [4.78, 5) is 34.5. The van der Waals surface area contributed by atoms with Crippen molar-refractivity contribution in [2.24, 2.45) is 0 Å². The monoisotopic (exact) mass is 399 g/mol. The van der Waals surface area contributed by atoms with E-state index in [2.05, 4.69) is 20.6 Å². The lowest BCUT2D eigenvalue weighted by Crippen LogP contribution is -2.46. The summed E-state index contributed by atoms with van der Waals surface area (Å²) in [6.07, 6.45) is 2.57. The van der Waals surface area contributed by atoms with Crippen molar-refractivity contribution in [3.63, 3.8) is 0 Å². The van der Waals surface area contributed by atoms with Crippen molar-refractivity contribution in [2.75, 3.05) is 32.1 Å². The number of nitrogens with zero attached hydrogens (tertiary/aromatic N) is 3. The summed E-state index contributed by atoms with van der Waals surface area (Å²) in [7, 11) is 1.60. The lowest BCUT2D eigenvalue weighted by atomic mass is 10.1. The van der Waals surface area contributed by atoms with E-state index < -0.39 is 0 Å². The molecule has 2 N–H and O–H groups in total. The van der Waals surface area contributed by atoms with Crippen molar-refractivity contribution in [3.8, 4) is 5.75 Å². The Bertz CT molecular complexity index is 852. The number of likely N-dealkylation sites (tertiary alicyclic amines) is 1. The minimum atomic E-state index is -0.304. The Morgan fingerprint density at radius 1 is 1.24 bits per heavy atom. The van der Waals surface area contributed by atoms with Crippen LogP contribution < -0.4 is 15.4 Å². The summed E-state index contributed by atoms with van der Waals surface area (Å²) in [6.45, 7) is 3.24. The number of carbonyl (C=O) groups excluding carboxylic acids is 2. The van der Waals surface area contributed by atoms with Crippen molar-refractivity contribution in [1.82, 2.24) is 20.2 Å². The van der Waals surface area contributed by atoms with E-state index in [-0.39, 0.29) is 23.7 Å². The molecule has 2 heterocycles. The van der Waals surface area contributed by atoms with Crippen LogP contribution in [0.5, 0.6) is 5.75 Å².